The average Bonchev–Trinajstić information content (AvgIpc) is 2.80. The fourth-order valence-electron chi connectivity index (χ4n) is 2.67. The van der Waals surface area contributed by atoms with Gasteiger partial charge < -0.3 is 5.32 Å². The van der Waals surface area contributed by atoms with Gasteiger partial charge in [0, 0.05) is 31.7 Å². The van der Waals surface area contributed by atoms with Crippen molar-refractivity contribution in [2.75, 3.05) is 13.1 Å². The van der Waals surface area contributed by atoms with Gasteiger partial charge in [0.25, 0.3) is 10.0 Å². The third-order valence-corrected chi connectivity index (χ3v) is 5.76. The van der Waals surface area contributed by atoms with E-state index >= 15 is 0 Å². The molecule has 1 atom stereocenters. The predicted molar refractivity (Wildman–Crippen MR) is 88.0 cm³/mol. The highest BCUT2D eigenvalue weighted by atomic mass is 32.2. The predicted octanol–water partition coefficient (Wildman–Crippen LogP) is 1.75. The molecule has 23 heavy (non-hydrogen) atoms. The number of hydrogen-bond donors (Lipinski definition) is 1. The van der Waals surface area contributed by atoms with E-state index in [9.17, 15) is 13.2 Å². The Labute approximate surface area is 138 Å². The van der Waals surface area contributed by atoms with Gasteiger partial charge in [0.2, 0.25) is 5.91 Å². The zero-order valence-corrected chi connectivity index (χ0v) is 14.1. The molecule has 0 aromatic carbocycles. The Balaban J connectivity index is 1.95. The molecule has 1 N–H and O–H groups in total. The highest BCUT2D eigenvalue weighted by Crippen LogP contribution is 2.19. The summed E-state index contributed by atoms with van der Waals surface area (Å²) in [7, 11) is -3.55. The molecule has 127 valence electrons. The molecule has 2 heterocycles. The van der Waals surface area contributed by atoms with Gasteiger partial charge in [0.05, 0.1) is 0 Å². The maximum atomic E-state index is 12.6. The van der Waals surface area contributed by atoms with Crippen molar-refractivity contribution in [1.82, 2.24) is 14.6 Å². The molecule has 0 aliphatic carbocycles. The maximum Gasteiger partial charge on any atom is 0.260 e. The van der Waals surface area contributed by atoms with E-state index in [1.54, 1.807) is 12.1 Å². The van der Waals surface area contributed by atoms with E-state index in [-0.39, 0.29) is 17.0 Å². The van der Waals surface area contributed by atoms with Crippen LogP contribution >= 0.6 is 0 Å². The third-order valence-electron chi connectivity index (χ3n) is 3.95. The fraction of sp³-hybridized carbons (Fsp3) is 0.562. The van der Waals surface area contributed by atoms with Gasteiger partial charge in [0.15, 0.2) is 5.03 Å². The number of nitrogens with one attached hydrogen (secondary N) is 1. The lowest BCUT2D eigenvalue weighted by Gasteiger charge is -2.20. The lowest BCUT2D eigenvalue weighted by atomic mass is 10.1. The summed E-state index contributed by atoms with van der Waals surface area (Å²) in [5, 5.41) is 3.08. The molecule has 0 saturated carbocycles. The number of carbonyl (C=O) groups excluding carboxylic acids is 1. The number of amides is 1. The SMILES string of the molecule is [CH2]CCCC(=O)NC1CCCN(S(=O)(=O)c2ccccn2)CC1. The summed E-state index contributed by atoms with van der Waals surface area (Å²) in [6.07, 6.45) is 5.64. The third kappa shape index (κ3) is 5.00. The summed E-state index contributed by atoms with van der Waals surface area (Å²) in [5.41, 5.74) is 0. The Morgan fingerprint density at radius 2 is 2.17 bits per heavy atom. The number of unbranched alkanes of at least 4 members (excludes halogenated alkanes) is 1. The molecule has 0 bridgehead atoms. The molecular formula is C16H24N3O3S. The molecule has 1 aromatic rings. The van der Waals surface area contributed by atoms with E-state index in [0.29, 0.717) is 25.9 Å². The second-order valence-corrected chi connectivity index (χ2v) is 7.61. The number of sulfonamides is 1. The molecule has 1 unspecified atom stereocenters. The van der Waals surface area contributed by atoms with Crippen molar-refractivity contribution in [3.8, 4) is 0 Å². The molecule has 1 radical (unpaired) electrons. The minimum atomic E-state index is -3.55. The molecule has 6 nitrogen and oxygen atoms in total. The molecule has 1 fully saturated rings. The number of aromatic nitrogens is 1. The van der Waals surface area contributed by atoms with Crippen LogP contribution in [0.25, 0.3) is 0 Å². The summed E-state index contributed by atoms with van der Waals surface area (Å²) in [4.78, 5) is 15.8. The Kier molecular flexibility index (Phi) is 6.53. The number of rotatable bonds is 6. The average molecular weight is 338 g/mol. The van der Waals surface area contributed by atoms with Gasteiger partial charge >= 0.3 is 0 Å². The summed E-state index contributed by atoms with van der Waals surface area (Å²) in [6, 6.07) is 4.91. The normalized spacial score (nSPS) is 20.0. The van der Waals surface area contributed by atoms with Crippen LogP contribution in [-0.2, 0) is 14.8 Å². The second-order valence-electron chi connectivity index (χ2n) is 5.72. The largest absolute Gasteiger partial charge is 0.353 e. The Bertz CT molecular complexity index is 604. The smallest absolute Gasteiger partial charge is 0.260 e. The molecule has 1 aliphatic rings. The van der Waals surface area contributed by atoms with Crippen LogP contribution in [0.3, 0.4) is 0 Å². The number of carbonyl (C=O) groups is 1. The molecular weight excluding hydrogens is 314 g/mol. The van der Waals surface area contributed by atoms with E-state index in [1.807, 2.05) is 0 Å². The van der Waals surface area contributed by atoms with Crippen LogP contribution < -0.4 is 5.32 Å². The van der Waals surface area contributed by atoms with Crippen molar-refractivity contribution >= 4 is 15.9 Å². The highest BCUT2D eigenvalue weighted by Gasteiger charge is 2.28. The Hall–Kier alpha value is -1.47. The standard InChI is InChI=1S/C16H24N3O3S/c1-2-3-8-15(20)18-14-7-6-12-19(13-10-14)23(21,22)16-9-4-5-11-17-16/h4-5,9,11,14H,1-3,6-8,10,12-13H2,(H,18,20). The van der Waals surface area contributed by atoms with Gasteiger partial charge in [-0.15, -0.1) is 0 Å². The van der Waals surface area contributed by atoms with Crippen molar-refractivity contribution in [3.63, 3.8) is 0 Å². The van der Waals surface area contributed by atoms with Crippen LogP contribution in [0.5, 0.6) is 0 Å². The Morgan fingerprint density at radius 3 is 2.87 bits per heavy atom. The van der Waals surface area contributed by atoms with Gasteiger partial charge in [-0.2, -0.15) is 4.31 Å². The molecule has 1 aromatic heterocycles. The molecule has 1 amide bonds. The van der Waals surface area contributed by atoms with Crippen LogP contribution in [-0.4, -0.2) is 42.7 Å². The van der Waals surface area contributed by atoms with E-state index in [0.717, 1.165) is 25.7 Å². The van der Waals surface area contributed by atoms with Crippen LogP contribution in [0.4, 0.5) is 0 Å². The minimum Gasteiger partial charge on any atom is -0.353 e. The van der Waals surface area contributed by atoms with Crippen LogP contribution in [0.2, 0.25) is 0 Å². The van der Waals surface area contributed by atoms with E-state index in [4.69, 9.17) is 0 Å². The minimum absolute atomic E-state index is 0.0275. The summed E-state index contributed by atoms with van der Waals surface area (Å²) in [5.74, 6) is 0.0275. The van der Waals surface area contributed by atoms with Crippen LogP contribution in [0.1, 0.15) is 38.5 Å². The van der Waals surface area contributed by atoms with Gasteiger partial charge in [-0.05, 0) is 37.8 Å². The van der Waals surface area contributed by atoms with Crippen LogP contribution in [0, 0.1) is 6.92 Å². The highest BCUT2D eigenvalue weighted by molar-refractivity contribution is 7.89. The first-order valence-electron chi connectivity index (χ1n) is 8.04. The van der Waals surface area contributed by atoms with E-state index in [1.165, 1.54) is 16.6 Å². The van der Waals surface area contributed by atoms with Gasteiger partial charge in [0.1, 0.15) is 0 Å². The molecule has 1 saturated heterocycles. The van der Waals surface area contributed by atoms with Gasteiger partial charge in [-0.1, -0.05) is 19.4 Å². The van der Waals surface area contributed by atoms with E-state index < -0.39 is 10.0 Å². The molecule has 0 spiro atoms. The summed E-state index contributed by atoms with van der Waals surface area (Å²) >= 11 is 0. The second kappa shape index (κ2) is 8.40. The van der Waals surface area contributed by atoms with Gasteiger partial charge in [-0.3, -0.25) is 4.79 Å². The van der Waals surface area contributed by atoms with Crippen molar-refractivity contribution in [1.29, 1.82) is 0 Å². The fourth-order valence-corrected chi connectivity index (χ4v) is 4.10. The zero-order chi connectivity index (χ0) is 16.7. The molecule has 7 heteroatoms. The van der Waals surface area contributed by atoms with Crippen molar-refractivity contribution in [3.05, 3.63) is 31.3 Å². The van der Waals surface area contributed by atoms with Crippen molar-refractivity contribution in [2.24, 2.45) is 0 Å². The summed E-state index contributed by atoms with van der Waals surface area (Å²) in [6.45, 7) is 4.59. The van der Waals surface area contributed by atoms with Crippen molar-refractivity contribution < 1.29 is 13.2 Å². The molecule has 2 rings (SSSR count). The maximum absolute atomic E-state index is 12.6. The lowest BCUT2D eigenvalue weighted by Crippen LogP contribution is -2.36. The van der Waals surface area contributed by atoms with E-state index in [2.05, 4.69) is 17.2 Å². The summed E-state index contributed by atoms with van der Waals surface area (Å²) < 4.78 is 26.6. The van der Waals surface area contributed by atoms with Gasteiger partial charge in [-0.25, -0.2) is 13.4 Å². The first-order chi connectivity index (χ1) is 11.0. The van der Waals surface area contributed by atoms with Crippen LogP contribution in [0.15, 0.2) is 29.4 Å². The van der Waals surface area contributed by atoms with Crippen molar-refractivity contribution in [2.45, 2.75) is 49.6 Å². The zero-order valence-electron chi connectivity index (χ0n) is 13.3. The molecule has 1 aliphatic heterocycles. The number of nitrogens with zero attached hydrogens (tertiary/aromatic N) is 2. The number of hydrogen-bond acceptors (Lipinski definition) is 4. The first-order valence-corrected chi connectivity index (χ1v) is 9.48. The lowest BCUT2D eigenvalue weighted by molar-refractivity contribution is -0.121. The Morgan fingerprint density at radius 1 is 1.35 bits per heavy atom. The monoisotopic (exact) mass is 338 g/mol. The number of pyridine rings is 1. The quantitative estimate of drug-likeness (QED) is 0.857. The topological polar surface area (TPSA) is 79.4 Å². The first kappa shape index (κ1) is 17.9.